The van der Waals surface area contributed by atoms with Crippen LogP contribution in [-0.4, -0.2) is 45.7 Å². The molecule has 3 heterocycles. The van der Waals surface area contributed by atoms with E-state index >= 15 is 0 Å². The maximum Gasteiger partial charge on any atom is 0.236 e. The van der Waals surface area contributed by atoms with Crippen LogP contribution in [0.15, 0.2) is 18.3 Å². The van der Waals surface area contributed by atoms with E-state index in [4.69, 9.17) is 23.2 Å². The van der Waals surface area contributed by atoms with Crippen LogP contribution >= 0.6 is 23.2 Å². The van der Waals surface area contributed by atoms with Crippen molar-refractivity contribution in [3.63, 3.8) is 0 Å². The van der Waals surface area contributed by atoms with Crippen molar-refractivity contribution in [1.82, 2.24) is 25.0 Å². The van der Waals surface area contributed by atoms with E-state index < -0.39 is 0 Å². The number of amides is 1. The molecule has 0 radical (unpaired) electrons. The third-order valence-electron chi connectivity index (χ3n) is 4.81. The minimum Gasteiger partial charge on any atom is -0.357 e. The van der Waals surface area contributed by atoms with Crippen LogP contribution in [0.4, 0.5) is 0 Å². The second-order valence-electron chi connectivity index (χ2n) is 6.52. The number of halogens is 2. The Morgan fingerprint density at radius 3 is 2.92 bits per heavy atom. The van der Waals surface area contributed by atoms with E-state index in [2.05, 4.69) is 15.4 Å². The number of likely N-dealkylation sites (N-methyl/N-ethyl adjacent to an activating group) is 1. The lowest BCUT2D eigenvalue weighted by molar-refractivity contribution is -0.131. The van der Waals surface area contributed by atoms with Crippen molar-refractivity contribution in [2.24, 2.45) is 7.05 Å². The fraction of sp³-hybridized carbons (Fsp3) is 0.333. The fourth-order valence-electron chi connectivity index (χ4n) is 3.58. The molecule has 2 N–H and O–H groups in total. The van der Waals surface area contributed by atoms with Gasteiger partial charge in [-0.3, -0.25) is 9.48 Å². The predicted molar refractivity (Wildman–Crippen MR) is 104 cm³/mol. The van der Waals surface area contributed by atoms with Crippen LogP contribution in [0, 0.1) is 0 Å². The Hall–Kier alpha value is -2.02. The predicted octanol–water partition coefficient (Wildman–Crippen LogP) is 2.98. The molecule has 0 bridgehead atoms. The van der Waals surface area contributed by atoms with E-state index in [-0.39, 0.29) is 5.91 Å². The summed E-state index contributed by atoms with van der Waals surface area (Å²) in [7, 11) is 3.66. The smallest absolute Gasteiger partial charge is 0.236 e. The monoisotopic (exact) mass is 391 g/mol. The molecule has 0 unspecified atom stereocenters. The van der Waals surface area contributed by atoms with E-state index in [9.17, 15) is 4.79 Å². The number of H-pyrrole nitrogens is 1. The van der Waals surface area contributed by atoms with Crippen LogP contribution in [0.25, 0.3) is 22.2 Å². The molecule has 2 aromatic heterocycles. The summed E-state index contributed by atoms with van der Waals surface area (Å²) in [6, 6.07) is 3.81. The minimum absolute atomic E-state index is 0.0898. The molecule has 136 valence electrons. The van der Waals surface area contributed by atoms with E-state index in [1.165, 1.54) is 0 Å². The first-order valence-corrected chi connectivity index (χ1v) is 9.19. The molecule has 0 saturated heterocycles. The van der Waals surface area contributed by atoms with Gasteiger partial charge >= 0.3 is 0 Å². The number of carbonyl (C=O) groups excluding carboxylic acids is 1. The molecule has 0 atom stereocenters. The Bertz CT molecular complexity index is 1010. The lowest BCUT2D eigenvalue weighted by Crippen LogP contribution is -2.40. The number of benzene rings is 1. The van der Waals surface area contributed by atoms with E-state index in [1.807, 2.05) is 30.3 Å². The Morgan fingerprint density at radius 2 is 2.23 bits per heavy atom. The van der Waals surface area contributed by atoms with Crippen molar-refractivity contribution in [3.8, 4) is 11.3 Å². The average molecular weight is 392 g/mol. The van der Waals surface area contributed by atoms with Crippen LogP contribution in [0.5, 0.6) is 0 Å². The first kappa shape index (κ1) is 17.4. The summed E-state index contributed by atoms with van der Waals surface area (Å²) in [5, 5.41) is 9.44. The largest absolute Gasteiger partial charge is 0.357 e. The topological polar surface area (TPSA) is 66.0 Å². The summed E-state index contributed by atoms with van der Waals surface area (Å²) in [5.41, 5.74) is 4.77. The molecule has 1 amide bonds. The zero-order chi connectivity index (χ0) is 18.4. The summed E-state index contributed by atoms with van der Waals surface area (Å²) in [6.07, 6.45) is 2.65. The SMILES string of the molecule is CNCC(=O)N1CCc2[nH]c3c(Cl)c(Cl)cc(-c4ccn(C)n4)c3c2C1. The number of nitrogens with one attached hydrogen (secondary N) is 2. The van der Waals surface area contributed by atoms with Crippen LogP contribution in [0.3, 0.4) is 0 Å². The van der Waals surface area contributed by atoms with Gasteiger partial charge in [-0.2, -0.15) is 5.10 Å². The molecular formula is C18H19Cl2N5O. The van der Waals surface area contributed by atoms with Gasteiger partial charge in [0.1, 0.15) is 0 Å². The number of hydrogen-bond acceptors (Lipinski definition) is 3. The maximum absolute atomic E-state index is 12.3. The van der Waals surface area contributed by atoms with Crippen molar-refractivity contribution < 1.29 is 4.79 Å². The number of hydrogen-bond donors (Lipinski definition) is 2. The summed E-state index contributed by atoms with van der Waals surface area (Å²) in [5.74, 6) is 0.0898. The van der Waals surface area contributed by atoms with Gasteiger partial charge < -0.3 is 15.2 Å². The molecule has 8 heteroatoms. The Labute approximate surface area is 161 Å². The molecule has 0 fully saturated rings. The van der Waals surface area contributed by atoms with Gasteiger partial charge in [0.05, 0.1) is 27.8 Å². The van der Waals surface area contributed by atoms with Gasteiger partial charge in [-0.05, 0) is 19.2 Å². The van der Waals surface area contributed by atoms with Gasteiger partial charge in [0.15, 0.2) is 0 Å². The van der Waals surface area contributed by atoms with Crippen molar-refractivity contribution in [2.45, 2.75) is 13.0 Å². The zero-order valence-electron chi connectivity index (χ0n) is 14.6. The van der Waals surface area contributed by atoms with Crippen molar-refractivity contribution in [2.75, 3.05) is 20.1 Å². The highest BCUT2D eigenvalue weighted by Crippen LogP contribution is 2.41. The number of nitrogens with zero attached hydrogens (tertiary/aromatic N) is 3. The van der Waals surface area contributed by atoms with Gasteiger partial charge in [-0.1, -0.05) is 23.2 Å². The highest BCUT2D eigenvalue weighted by Gasteiger charge is 2.27. The van der Waals surface area contributed by atoms with E-state index in [1.54, 1.807) is 11.7 Å². The van der Waals surface area contributed by atoms with Gasteiger partial charge in [-0.15, -0.1) is 0 Å². The molecular weight excluding hydrogens is 373 g/mol. The lowest BCUT2D eigenvalue weighted by Gasteiger charge is -2.27. The highest BCUT2D eigenvalue weighted by molar-refractivity contribution is 6.45. The first-order chi connectivity index (χ1) is 12.5. The third-order valence-corrected chi connectivity index (χ3v) is 5.60. The first-order valence-electron chi connectivity index (χ1n) is 8.43. The van der Waals surface area contributed by atoms with Crippen LogP contribution in [-0.2, 0) is 24.8 Å². The van der Waals surface area contributed by atoms with Gasteiger partial charge in [0.25, 0.3) is 0 Å². The Morgan fingerprint density at radius 1 is 1.42 bits per heavy atom. The van der Waals surface area contributed by atoms with Gasteiger partial charge in [-0.25, -0.2) is 0 Å². The second-order valence-corrected chi connectivity index (χ2v) is 7.31. The van der Waals surface area contributed by atoms with Crippen molar-refractivity contribution in [3.05, 3.63) is 39.6 Å². The number of carbonyl (C=O) groups is 1. The van der Waals surface area contributed by atoms with E-state index in [0.717, 1.165) is 39.8 Å². The second kappa shape index (κ2) is 6.61. The Kier molecular flexibility index (Phi) is 4.42. The molecule has 0 saturated carbocycles. The summed E-state index contributed by atoms with van der Waals surface area (Å²) < 4.78 is 1.76. The van der Waals surface area contributed by atoms with Crippen LogP contribution < -0.4 is 5.32 Å². The summed E-state index contributed by atoms with van der Waals surface area (Å²) in [6.45, 7) is 1.57. The molecule has 1 aliphatic rings. The Balaban J connectivity index is 1.90. The molecule has 0 aliphatic carbocycles. The number of aryl methyl sites for hydroxylation is 1. The van der Waals surface area contributed by atoms with E-state index in [0.29, 0.717) is 29.7 Å². The van der Waals surface area contributed by atoms with Crippen LogP contribution in [0.1, 0.15) is 11.3 Å². The quantitative estimate of drug-likeness (QED) is 0.720. The summed E-state index contributed by atoms with van der Waals surface area (Å²) in [4.78, 5) is 17.6. The number of aromatic amines is 1. The highest BCUT2D eigenvalue weighted by atomic mass is 35.5. The van der Waals surface area contributed by atoms with Crippen molar-refractivity contribution >= 4 is 40.0 Å². The molecule has 6 nitrogen and oxygen atoms in total. The molecule has 1 aromatic carbocycles. The van der Waals surface area contributed by atoms with Crippen molar-refractivity contribution in [1.29, 1.82) is 0 Å². The zero-order valence-corrected chi connectivity index (χ0v) is 16.1. The molecule has 1 aliphatic heterocycles. The summed E-state index contributed by atoms with van der Waals surface area (Å²) >= 11 is 12.9. The number of aromatic nitrogens is 3. The normalized spacial score (nSPS) is 14.1. The minimum atomic E-state index is 0.0898. The van der Waals surface area contributed by atoms with Crippen LogP contribution in [0.2, 0.25) is 10.0 Å². The fourth-order valence-corrected chi connectivity index (χ4v) is 3.98. The lowest BCUT2D eigenvalue weighted by atomic mass is 9.99. The molecule has 3 aromatic rings. The van der Waals surface area contributed by atoms with Gasteiger partial charge in [0, 0.05) is 55.0 Å². The average Bonchev–Trinajstić information content (AvgIpc) is 3.22. The third kappa shape index (κ3) is 2.78. The molecule has 26 heavy (non-hydrogen) atoms. The molecule has 0 spiro atoms. The number of fused-ring (bicyclic) bond motifs is 3. The van der Waals surface area contributed by atoms with Gasteiger partial charge in [0.2, 0.25) is 5.91 Å². The molecule has 4 rings (SSSR count). The number of rotatable bonds is 3. The maximum atomic E-state index is 12.3. The standard InChI is InChI=1S/C18H19Cl2N5O/c1-21-8-15(26)25-6-4-13-11(9-25)16-10(14-3-5-24(2)23-14)7-12(19)17(20)18(16)22-13/h3,5,7,21-22H,4,6,8-9H2,1-2H3.